The Balaban J connectivity index is 1.97. The summed E-state index contributed by atoms with van der Waals surface area (Å²) in [6.45, 7) is 3.81. The molecule has 2 aromatic rings. The van der Waals surface area contributed by atoms with Crippen molar-refractivity contribution >= 4 is 57.1 Å². The topological polar surface area (TPSA) is 129 Å². The van der Waals surface area contributed by atoms with Crippen LogP contribution < -0.4 is 20.6 Å². The van der Waals surface area contributed by atoms with E-state index in [1.165, 1.54) is 29.3 Å². The van der Waals surface area contributed by atoms with Crippen molar-refractivity contribution in [1.82, 2.24) is 15.6 Å². The lowest BCUT2D eigenvalue weighted by Crippen LogP contribution is -2.20. The standard InChI is InChI=1S/C16H18BrN5O4S2/c1-3-25-12-5-10(4-11(17)15(12)26-7-13(18)23)6-19-21-14(24)8-27-16-22-20-9(2)28-16/h4-6H,3,7-8H2,1-2H3,(H2,18,23)(H,21,24)/b19-6+. The molecule has 0 unspecified atom stereocenters. The second-order valence-corrected chi connectivity index (χ2v) is 8.45. The lowest BCUT2D eigenvalue weighted by atomic mass is 10.2. The number of nitrogens with one attached hydrogen (secondary N) is 1. The number of aromatic nitrogens is 2. The lowest BCUT2D eigenvalue weighted by Gasteiger charge is -2.13. The van der Waals surface area contributed by atoms with Gasteiger partial charge in [-0.25, -0.2) is 5.43 Å². The molecule has 9 nitrogen and oxygen atoms in total. The van der Waals surface area contributed by atoms with E-state index in [-0.39, 0.29) is 18.3 Å². The van der Waals surface area contributed by atoms with Gasteiger partial charge in [0.15, 0.2) is 22.4 Å². The molecule has 0 aliphatic carbocycles. The molecule has 0 fully saturated rings. The number of primary amides is 1. The Morgan fingerprint density at radius 3 is 2.82 bits per heavy atom. The first kappa shape index (κ1) is 22.1. The molecule has 0 radical (unpaired) electrons. The fraction of sp³-hybridized carbons (Fsp3) is 0.312. The molecule has 0 aliphatic rings. The predicted molar refractivity (Wildman–Crippen MR) is 111 cm³/mol. The van der Waals surface area contributed by atoms with Crippen molar-refractivity contribution in [3.63, 3.8) is 0 Å². The summed E-state index contributed by atoms with van der Waals surface area (Å²) in [7, 11) is 0. The van der Waals surface area contributed by atoms with Crippen molar-refractivity contribution in [2.24, 2.45) is 10.8 Å². The Hall–Kier alpha value is -2.18. The van der Waals surface area contributed by atoms with Crippen LogP contribution in [0.1, 0.15) is 17.5 Å². The summed E-state index contributed by atoms with van der Waals surface area (Å²) in [5, 5.41) is 12.6. The third kappa shape index (κ3) is 7.09. The van der Waals surface area contributed by atoms with Crippen molar-refractivity contribution in [2.75, 3.05) is 19.0 Å². The number of hydrogen-bond donors (Lipinski definition) is 2. The van der Waals surface area contributed by atoms with Crippen LogP contribution in [0.15, 0.2) is 26.0 Å². The van der Waals surface area contributed by atoms with Gasteiger partial charge in [-0.2, -0.15) is 5.10 Å². The molecule has 12 heteroatoms. The normalized spacial score (nSPS) is 10.8. The van der Waals surface area contributed by atoms with Gasteiger partial charge in [-0.1, -0.05) is 23.1 Å². The van der Waals surface area contributed by atoms with Gasteiger partial charge in [-0.3, -0.25) is 9.59 Å². The zero-order valence-corrected chi connectivity index (χ0v) is 18.3. The van der Waals surface area contributed by atoms with Crippen LogP contribution in [-0.2, 0) is 9.59 Å². The zero-order chi connectivity index (χ0) is 20.5. The Morgan fingerprint density at radius 2 is 2.18 bits per heavy atom. The molecule has 1 aromatic heterocycles. The van der Waals surface area contributed by atoms with E-state index in [0.717, 1.165) is 9.35 Å². The van der Waals surface area contributed by atoms with Crippen LogP contribution in [0.3, 0.4) is 0 Å². The molecule has 2 rings (SSSR count). The molecule has 0 atom stereocenters. The van der Waals surface area contributed by atoms with Gasteiger partial charge >= 0.3 is 0 Å². The minimum Gasteiger partial charge on any atom is -0.490 e. The van der Waals surface area contributed by atoms with Crippen LogP contribution in [-0.4, -0.2) is 47.2 Å². The van der Waals surface area contributed by atoms with E-state index in [4.69, 9.17) is 15.2 Å². The number of halogens is 1. The Labute approximate surface area is 178 Å². The number of benzene rings is 1. The van der Waals surface area contributed by atoms with Gasteiger partial charge < -0.3 is 15.2 Å². The van der Waals surface area contributed by atoms with Crippen LogP contribution in [0, 0.1) is 6.92 Å². The fourth-order valence-corrected chi connectivity index (χ4v) is 4.07. The van der Waals surface area contributed by atoms with Crippen molar-refractivity contribution < 1.29 is 19.1 Å². The summed E-state index contributed by atoms with van der Waals surface area (Å²) in [6.07, 6.45) is 1.48. The molecule has 1 aromatic carbocycles. The molecule has 150 valence electrons. The summed E-state index contributed by atoms with van der Waals surface area (Å²) in [5.41, 5.74) is 8.22. The van der Waals surface area contributed by atoms with Gasteiger partial charge in [0, 0.05) is 0 Å². The number of hydrogen-bond acceptors (Lipinski definition) is 9. The quantitative estimate of drug-likeness (QED) is 0.298. The molecule has 2 amide bonds. The van der Waals surface area contributed by atoms with E-state index in [0.29, 0.717) is 28.1 Å². The first-order valence-electron chi connectivity index (χ1n) is 8.01. The van der Waals surface area contributed by atoms with E-state index >= 15 is 0 Å². The van der Waals surface area contributed by atoms with Crippen molar-refractivity contribution in [2.45, 2.75) is 18.2 Å². The average Bonchev–Trinajstić information content (AvgIpc) is 3.05. The molecular formula is C16H18BrN5O4S2. The summed E-state index contributed by atoms with van der Waals surface area (Å²) < 4.78 is 12.2. The SMILES string of the molecule is CCOc1cc(/C=N/NC(=O)CSc2nnc(C)s2)cc(Br)c1OCC(N)=O. The number of carbonyl (C=O) groups excluding carboxylic acids is 2. The largest absolute Gasteiger partial charge is 0.490 e. The van der Waals surface area contributed by atoms with Gasteiger partial charge in [0.05, 0.1) is 23.0 Å². The first-order chi connectivity index (χ1) is 13.4. The maximum atomic E-state index is 11.9. The second-order valence-electron chi connectivity index (χ2n) is 5.19. The van der Waals surface area contributed by atoms with E-state index in [1.54, 1.807) is 12.1 Å². The zero-order valence-electron chi connectivity index (χ0n) is 15.1. The monoisotopic (exact) mass is 487 g/mol. The number of nitrogens with two attached hydrogens (primary N) is 1. The van der Waals surface area contributed by atoms with Gasteiger partial charge in [-0.15, -0.1) is 10.2 Å². The van der Waals surface area contributed by atoms with Crippen LogP contribution in [0.2, 0.25) is 0 Å². The molecule has 1 heterocycles. The molecule has 0 aliphatic heterocycles. The fourth-order valence-electron chi connectivity index (χ4n) is 1.88. The number of rotatable bonds is 10. The second kappa shape index (κ2) is 11.0. The molecule has 0 spiro atoms. The van der Waals surface area contributed by atoms with Crippen LogP contribution in [0.5, 0.6) is 11.5 Å². The third-order valence-corrected chi connectivity index (χ3v) is 5.49. The van der Waals surface area contributed by atoms with E-state index < -0.39 is 5.91 Å². The first-order valence-corrected chi connectivity index (χ1v) is 10.6. The van der Waals surface area contributed by atoms with E-state index in [9.17, 15) is 9.59 Å². The van der Waals surface area contributed by atoms with Crippen LogP contribution in [0.25, 0.3) is 0 Å². The summed E-state index contributed by atoms with van der Waals surface area (Å²) >= 11 is 6.09. The highest BCUT2D eigenvalue weighted by Crippen LogP contribution is 2.36. The van der Waals surface area contributed by atoms with Crippen LogP contribution in [0.4, 0.5) is 0 Å². The van der Waals surface area contributed by atoms with Gasteiger partial charge in [-0.05, 0) is 47.5 Å². The third-order valence-electron chi connectivity index (χ3n) is 2.93. The maximum Gasteiger partial charge on any atom is 0.255 e. The van der Waals surface area contributed by atoms with Crippen molar-refractivity contribution in [1.29, 1.82) is 0 Å². The molecule has 28 heavy (non-hydrogen) atoms. The molecule has 3 N–H and O–H groups in total. The van der Waals surface area contributed by atoms with Crippen molar-refractivity contribution in [3.05, 3.63) is 27.2 Å². The number of carbonyl (C=O) groups is 2. The lowest BCUT2D eigenvalue weighted by molar-refractivity contribution is -0.120. The Kier molecular flexibility index (Phi) is 8.67. The number of ether oxygens (including phenoxy) is 2. The summed E-state index contributed by atoms with van der Waals surface area (Å²) in [4.78, 5) is 22.8. The Bertz CT molecular complexity index is 875. The number of thioether (sulfide) groups is 1. The number of aryl methyl sites for hydroxylation is 1. The number of hydrazone groups is 1. The average molecular weight is 488 g/mol. The maximum absolute atomic E-state index is 11.9. The molecule has 0 saturated heterocycles. The molecular weight excluding hydrogens is 470 g/mol. The van der Waals surface area contributed by atoms with Gasteiger partial charge in [0.25, 0.3) is 11.8 Å². The summed E-state index contributed by atoms with van der Waals surface area (Å²) in [5.74, 6) is 0.113. The predicted octanol–water partition coefficient (Wildman–Crippen LogP) is 2.11. The smallest absolute Gasteiger partial charge is 0.255 e. The minimum atomic E-state index is -0.593. The highest BCUT2D eigenvalue weighted by atomic mass is 79.9. The van der Waals surface area contributed by atoms with Crippen molar-refractivity contribution in [3.8, 4) is 11.5 Å². The Morgan fingerprint density at radius 1 is 1.39 bits per heavy atom. The van der Waals surface area contributed by atoms with E-state index in [1.807, 2.05) is 13.8 Å². The molecule has 0 saturated carbocycles. The summed E-state index contributed by atoms with van der Waals surface area (Å²) in [6, 6.07) is 3.40. The number of nitrogens with zero attached hydrogens (tertiary/aromatic N) is 3. The van der Waals surface area contributed by atoms with E-state index in [2.05, 4.69) is 36.7 Å². The minimum absolute atomic E-state index is 0.180. The van der Waals surface area contributed by atoms with Gasteiger partial charge in [0.1, 0.15) is 5.01 Å². The number of amides is 2. The molecule has 0 bridgehead atoms. The highest BCUT2D eigenvalue weighted by Gasteiger charge is 2.13. The van der Waals surface area contributed by atoms with Crippen LogP contribution >= 0.6 is 39.0 Å². The van der Waals surface area contributed by atoms with Gasteiger partial charge in [0.2, 0.25) is 0 Å². The highest BCUT2D eigenvalue weighted by molar-refractivity contribution is 9.10.